The summed E-state index contributed by atoms with van der Waals surface area (Å²) in [6.45, 7) is 24.2. The molecule has 0 unspecified atom stereocenters. The first-order valence-corrected chi connectivity index (χ1v) is 19.1. The van der Waals surface area contributed by atoms with Crippen LogP contribution in [0.4, 0.5) is 4.39 Å². The fourth-order valence-corrected chi connectivity index (χ4v) is 7.02. The summed E-state index contributed by atoms with van der Waals surface area (Å²) in [5.41, 5.74) is 14.4. The first-order chi connectivity index (χ1) is 25.8. The standard InChI is InChI=1S/C50H51FN3O.Pt/c1-30-15-16-32(21-31(30)2)33-19-20-52-43(25-33)35-22-34(23-36(24-35)48(3,4)5)41-13-12-14-44-46(41)53-47(42-18-17-39(51)29-45(42)55)54(44)40-27-37(49(6,7)8)26-38(28-40)50(9,10)11;/h12-21,23-29,55H,1-11H3;/q-1;. The van der Waals surface area contributed by atoms with Gasteiger partial charge in [-0.2, -0.15) is 0 Å². The van der Waals surface area contributed by atoms with Gasteiger partial charge in [0, 0.05) is 44.7 Å². The van der Waals surface area contributed by atoms with E-state index in [1.807, 2.05) is 6.20 Å². The molecule has 7 aromatic rings. The molecule has 0 aliphatic heterocycles. The molecule has 290 valence electrons. The number of pyridine rings is 1. The summed E-state index contributed by atoms with van der Waals surface area (Å²) in [4.78, 5) is 10.2. The number of imidazole rings is 1. The third kappa shape index (κ3) is 8.02. The number of aromatic hydroxyl groups is 1. The molecule has 6 heteroatoms. The zero-order valence-electron chi connectivity index (χ0n) is 34.3. The number of phenols is 1. The molecule has 0 bridgehead atoms. The first kappa shape index (κ1) is 40.8. The number of para-hydroxylation sites is 1. The van der Waals surface area contributed by atoms with Gasteiger partial charge in [-0.25, -0.2) is 9.37 Å². The minimum atomic E-state index is -0.509. The molecular weight excluding hydrogens is 873 g/mol. The Morgan fingerprint density at radius 1 is 0.625 bits per heavy atom. The number of hydrogen-bond donors (Lipinski definition) is 1. The van der Waals surface area contributed by atoms with Crippen LogP contribution >= 0.6 is 0 Å². The molecule has 0 saturated heterocycles. The minimum Gasteiger partial charge on any atom is -0.507 e. The van der Waals surface area contributed by atoms with Gasteiger partial charge in [0.1, 0.15) is 17.4 Å². The van der Waals surface area contributed by atoms with Crippen molar-refractivity contribution < 1.29 is 30.6 Å². The summed E-state index contributed by atoms with van der Waals surface area (Å²) in [6, 6.07) is 36.0. The fourth-order valence-electron chi connectivity index (χ4n) is 7.02. The molecule has 4 nitrogen and oxygen atoms in total. The maximum Gasteiger partial charge on any atom is 0.148 e. The van der Waals surface area contributed by atoms with Crippen LogP contribution in [0.3, 0.4) is 0 Å². The van der Waals surface area contributed by atoms with E-state index in [-0.39, 0.29) is 43.1 Å². The Labute approximate surface area is 346 Å². The number of fused-ring (bicyclic) bond motifs is 1. The van der Waals surface area contributed by atoms with Crippen molar-refractivity contribution in [1.82, 2.24) is 14.5 Å². The zero-order chi connectivity index (χ0) is 39.6. The van der Waals surface area contributed by atoms with Crippen molar-refractivity contribution >= 4 is 11.0 Å². The van der Waals surface area contributed by atoms with Crippen molar-refractivity contribution in [3.05, 3.63) is 143 Å². The summed E-state index contributed by atoms with van der Waals surface area (Å²) >= 11 is 0. The van der Waals surface area contributed by atoms with Crippen LogP contribution in [0.25, 0.3) is 61.6 Å². The molecule has 0 amide bonds. The van der Waals surface area contributed by atoms with Gasteiger partial charge in [-0.3, -0.25) is 9.55 Å². The van der Waals surface area contributed by atoms with Crippen LogP contribution < -0.4 is 0 Å². The largest absolute Gasteiger partial charge is 0.507 e. The number of benzene rings is 5. The molecule has 2 heterocycles. The summed E-state index contributed by atoms with van der Waals surface area (Å²) in [5.74, 6) is -0.147. The summed E-state index contributed by atoms with van der Waals surface area (Å²) in [6.07, 6.45) is 1.87. The summed E-state index contributed by atoms with van der Waals surface area (Å²) in [5, 5.41) is 11.2. The van der Waals surface area contributed by atoms with E-state index >= 15 is 0 Å². The molecule has 0 atom stereocenters. The molecular formula is C50H51FN3OPt-. The van der Waals surface area contributed by atoms with E-state index in [4.69, 9.17) is 9.97 Å². The van der Waals surface area contributed by atoms with Gasteiger partial charge in [0.25, 0.3) is 0 Å². The average molecular weight is 924 g/mol. The Hall–Kier alpha value is -4.86. The van der Waals surface area contributed by atoms with E-state index in [1.165, 1.54) is 28.3 Å². The van der Waals surface area contributed by atoms with Gasteiger partial charge < -0.3 is 5.11 Å². The third-order valence-corrected chi connectivity index (χ3v) is 10.7. The van der Waals surface area contributed by atoms with Crippen molar-refractivity contribution in [2.45, 2.75) is 92.4 Å². The van der Waals surface area contributed by atoms with E-state index in [0.29, 0.717) is 11.4 Å². The van der Waals surface area contributed by atoms with E-state index in [9.17, 15) is 9.50 Å². The molecule has 56 heavy (non-hydrogen) atoms. The molecule has 0 radical (unpaired) electrons. The molecule has 7 rings (SSSR count). The molecule has 5 aromatic carbocycles. The zero-order valence-corrected chi connectivity index (χ0v) is 36.6. The van der Waals surface area contributed by atoms with Crippen LogP contribution in [0.1, 0.15) is 90.1 Å². The van der Waals surface area contributed by atoms with E-state index in [2.05, 4.69) is 166 Å². The molecule has 0 aliphatic carbocycles. The van der Waals surface area contributed by atoms with Gasteiger partial charge >= 0.3 is 0 Å². The number of phenolic OH excluding ortho intramolecular Hbond substituents is 1. The molecule has 1 N–H and O–H groups in total. The third-order valence-electron chi connectivity index (χ3n) is 10.7. The average Bonchev–Trinajstić information content (AvgIpc) is 3.51. The number of rotatable bonds is 5. The van der Waals surface area contributed by atoms with Gasteiger partial charge in [-0.1, -0.05) is 116 Å². The van der Waals surface area contributed by atoms with E-state index in [1.54, 1.807) is 6.07 Å². The van der Waals surface area contributed by atoms with E-state index < -0.39 is 5.82 Å². The van der Waals surface area contributed by atoms with Crippen molar-refractivity contribution in [1.29, 1.82) is 0 Å². The fraction of sp³-hybridized carbons (Fsp3) is 0.280. The predicted octanol–water partition coefficient (Wildman–Crippen LogP) is 13.2. The maximum atomic E-state index is 14.4. The van der Waals surface area contributed by atoms with Crippen molar-refractivity contribution in [3.8, 4) is 56.3 Å². The maximum absolute atomic E-state index is 14.4. The second-order valence-electron chi connectivity index (χ2n) is 18.0. The normalized spacial score (nSPS) is 12.2. The van der Waals surface area contributed by atoms with Crippen LogP contribution in [0.2, 0.25) is 0 Å². The number of aryl methyl sites for hydroxylation is 2. The second-order valence-corrected chi connectivity index (χ2v) is 18.0. The molecule has 0 spiro atoms. The number of nitrogens with zero attached hydrogens (tertiary/aromatic N) is 3. The molecule has 0 aliphatic rings. The van der Waals surface area contributed by atoms with Crippen LogP contribution in [0.15, 0.2) is 103 Å². The van der Waals surface area contributed by atoms with E-state index in [0.717, 1.165) is 61.9 Å². The molecule has 0 saturated carbocycles. The van der Waals surface area contributed by atoms with Gasteiger partial charge in [-0.05, 0) is 99.9 Å². The Kier molecular flexibility index (Phi) is 10.9. The summed E-state index contributed by atoms with van der Waals surface area (Å²) in [7, 11) is 0. The van der Waals surface area contributed by atoms with Crippen molar-refractivity contribution in [3.63, 3.8) is 0 Å². The number of halogens is 1. The molecule has 2 aromatic heterocycles. The van der Waals surface area contributed by atoms with Crippen LogP contribution in [-0.4, -0.2) is 19.6 Å². The Bertz CT molecular complexity index is 2570. The quantitative estimate of drug-likeness (QED) is 0.175. The van der Waals surface area contributed by atoms with Gasteiger partial charge in [0.05, 0.1) is 16.6 Å². The van der Waals surface area contributed by atoms with Crippen LogP contribution in [0.5, 0.6) is 5.75 Å². The van der Waals surface area contributed by atoms with Gasteiger partial charge in [-0.15, -0.1) is 29.3 Å². The van der Waals surface area contributed by atoms with Crippen molar-refractivity contribution in [2.75, 3.05) is 0 Å². The number of hydrogen-bond acceptors (Lipinski definition) is 3. The second kappa shape index (κ2) is 14.9. The van der Waals surface area contributed by atoms with Crippen molar-refractivity contribution in [2.24, 2.45) is 0 Å². The van der Waals surface area contributed by atoms with Crippen LogP contribution in [-0.2, 0) is 37.3 Å². The Morgan fingerprint density at radius 3 is 1.88 bits per heavy atom. The van der Waals surface area contributed by atoms with Gasteiger partial charge in [0.15, 0.2) is 0 Å². The Morgan fingerprint density at radius 2 is 1.25 bits per heavy atom. The topological polar surface area (TPSA) is 50.9 Å². The smallest absolute Gasteiger partial charge is 0.148 e. The molecule has 0 fully saturated rings. The predicted molar refractivity (Wildman–Crippen MR) is 227 cm³/mol. The Balaban J connectivity index is 0.00000532. The SMILES string of the molecule is Cc1ccc(-c2ccnc(-c3[c-]c(-c4cccc5c4nc(-c4ccc(F)cc4O)n5-c4cc(C(C)(C)C)cc(C(C)(C)C)c4)cc(C(C)(C)C)c3)c2)cc1C.[Pt]. The van der Waals surface area contributed by atoms with Crippen LogP contribution in [0, 0.1) is 25.7 Å². The first-order valence-electron chi connectivity index (χ1n) is 19.1. The monoisotopic (exact) mass is 923 g/mol. The minimum absolute atomic E-state index is 0. The number of aromatic nitrogens is 3. The summed E-state index contributed by atoms with van der Waals surface area (Å²) < 4.78 is 16.5. The van der Waals surface area contributed by atoms with Gasteiger partial charge in [0.2, 0.25) is 0 Å².